The summed E-state index contributed by atoms with van der Waals surface area (Å²) in [6, 6.07) is 3.93. The van der Waals surface area contributed by atoms with Crippen LogP contribution in [0.15, 0.2) is 24.5 Å². The summed E-state index contributed by atoms with van der Waals surface area (Å²) in [7, 11) is 0. The molecule has 1 aliphatic rings. The van der Waals surface area contributed by atoms with Crippen LogP contribution in [0, 0.1) is 5.92 Å². The number of piperidine rings is 1. The van der Waals surface area contributed by atoms with Crippen LogP contribution in [0.4, 0.5) is 0 Å². The molecule has 4 heteroatoms. The molecule has 1 atom stereocenters. The summed E-state index contributed by atoms with van der Waals surface area (Å²) in [6.45, 7) is 5.35. The second kappa shape index (κ2) is 6.50. The maximum Gasteiger partial charge on any atom is 0.227 e. The Kier molecular flexibility index (Phi) is 4.70. The van der Waals surface area contributed by atoms with Gasteiger partial charge in [0.1, 0.15) is 0 Å². The number of hydrogen-bond donors (Lipinski definition) is 1. The van der Waals surface area contributed by atoms with Gasteiger partial charge in [-0.05, 0) is 44.0 Å². The van der Waals surface area contributed by atoms with Gasteiger partial charge in [0, 0.05) is 32.0 Å². The average molecular weight is 247 g/mol. The molecule has 1 aromatic heterocycles. The molecule has 0 saturated carbocycles. The van der Waals surface area contributed by atoms with Gasteiger partial charge in [0.15, 0.2) is 0 Å². The lowest BCUT2D eigenvalue weighted by Gasteiger charge is -2.29. The Labute approximate surface area is 108 Å². The monoisotopic (exact) mass is 247 g/mol. The molecule has 18 heavy (non-hydrogen) atoms. The number of nitrogens with zero attached hydrogens (tertiary/aromatic N) is 2. The molecular formula is C14H21N3O. The molecule has 0 radical (unpaired) electrons. The van der Waals surface area contributed by atoms with Crippen molar-refractivity contribution in [2.45, 2.75) is 26.3 Å². The Morgan fingerprint density at radius 2 is 2.28 bits per heavy atom. The SMILES string of the molecule is CCN(Cc1ccncc1)C(=O)[C@H]1CCCNC1. The molecule has 1 N–H and O–H groups in total. The fraction of sp³-hybridized carbons (Fsp3) is 0.571. The van der Waals surface area contributed by atoms with Crippen molar-refractivity contribution in [2.75, 3.05) is 19.6 Å². The minimum Gasteiger partial charge on any atom is -0.338 e. The van der Waals surface area contributed by atoms with Crippen molar-refractivity contribution in [1.82, 2.24) is 15.2 Å². The summed E-state index contributed by atoms with van der Waals surface area (Å²) in [6.07, 6.45) is 5.66. The van der Waals surface area contributed by atoms with Crippen LogP contribution in [0.5, 0.6) is 0 Å². The third kappa shape index (κ3) is 3.29. The van der Waals surface area contributed by atoms with Crippen LogP contribution in [0.2, 0.25) is 0 Å². The fourth-order valence-electron chi connectivity index (χ4n) is 2.37. The summed E-state index contributed by atoms with van der Waals surface area (Å²) in [5.41, 5.74) is 1.14. The van der Waals surface area contributed by atoms with E-state index in [-0.39, 0.29) is 11.8 Å². The molecule has 2 heterocycles. The topological polar surface area (TPSA) is 45.2 Å². The van der Waals surface area contributed by atoms with Gasteiger partial charge in [0.25, 0.3) is 0 Å². The normalized spacial score (nSPS) is 19.5. The van der Waals surface area contributed by atoms with E-state index in [0.29, 0.717) is 6.54 Å². The Morgan fingerprint density at radius 3 is 2.89 bits per heavy atom. The van der Waals surface area contributed by atoms with Crippen molar-refractivity contribution in [3.05, 3.63) is 30.1 Å². The number of amides is 1. The van der Waals surface area contributed by atoms with Crippen LogP contribution in [-0.4, -0.2) is 35.4 Å². The summed E-state index contributed by atoms with van der Waals surface area (Å²) in [5.74, 6) is 0.432. The van der Waals surface area contributed by atoms with Gasteiger partial charge < -0.3 is 10.2 Å². The maximum absolute atomic E-state index is 12.4. The summed E-state index contributed by atoms with van der Waals surface area (Å²) < 4.78 is 0. The Balaban J connectivity index is 1.97. The van der Waals surface area contributed by atoms with Crippen molar-refractivity contribution in [3.8, 4) is 0 Å². The van der Waals surface area contributed by atoms with E-state index in [4.69, 9.17) is 0 Å². The molecule has 1 aliphatic heterocycles. The van der Waals surface area contributed by atoms with Gasteiger partial charge in [-0.25, -0.2) is 0 Å². The first kappa shape index (κ1) is 13.0. The van der Waals surface area contributed by atoms with E-state index in [2.05, 4.69) is 10.3 Å². The van der Waals surface area contributed by atoms with Gasteiger partial charge >= 0.3 is 0 Å². The molecule has 1 fully saturated rings. The van der Waals surface area contributed by atoms with Crippen molar-refractivity contribution >= 4 is 5.91 Å². The standard InChI is InChI=1S/C14H21N3O/c1-2-17(11-12-5-8-15-9-6-12)14(18)13-4-3-7-16-10-13/h5-6,8-9,13,16H,2-4,7,10-11H2,1H3/t13-/m0/s1. The highest BCUT2D eigenvalue weighted by Crippen LogP contribution is 2.15. The number of carbonyl (C=O) groups excluding carboxylic acids is 1. The van der Waals surface area contributed by atoms with Gasteiger partial charge in [-0.15, -0.1) is 0 Å². The van der Waals surface area contributed by atoms with Crippen molar-refractivity contribution in [1.29, 1.82) is 0 Å². The van der Waals surface area contributed by atoms with Gasteiger partial charge in [0.2, 0.25) is 5.91 Å². The Hall–Kier alpha value is -1.42. The van der Waals surface area contributed by atoms with Gasteiger partial charge in [-0.3, -0.25) is 9.78 Å². The van der Waals surface area contributed by atoms with Crippen LogP contribution < -0.4 is 5.32 Å². The zero-order valence-corrected chi connectivity index (χ0v) is 10.9. The Bertz CT molecular complexity index is 374. The van der Waals surface area contributed by atoms with E-state index in [1.807, 2.05) is 24.0 Å². The molecule has 0 aliphatic carbocycles. The minimum absolute atomic E-state index is 0.153. The first-order valence-electron chi connectivity index (χ1n) is 6.69. The molecule has 1 amide bonds. The lowest BCUT2D eigenvalue weighted by Crippen LogP contribution is -2.42. The molecule has 0 unspecified atom stereocenters. The summed E-state index contributed by atoms with van der Waals surface area (Å²) >= 11 is 0. The van der Waals surface area contributed by atoms with E-state index in [9.17, 15) is 4.79 Å². The highest BCUT2D eigenvalue weighted by atomic mass is 16.2. The smallest absolute Gasteiger partial charge is 0.227 e. The van der Waals surface area contributed by atoms with Crippen molar-refractivity contribution < 1.29 is 4.79 Å². The van der Waals surface area contributed by atoms with Gasteiger partial charge in [-0.2, -0.15) is 0 Å². The maximum atomic E-state index is 12.4. The summed E-state index contributed by atoms with van der Waals surface area (Å²) in [4.78, 5) is 18.3. The predicted octanol–water partition coefficient (Wildman–Crippen LogP) is 1.43. The molecule has 4 nitrogen and oxygen atoms in total. The highest BCUT2D eigenvalue weighted by molar-refractivity contribution is 5.79. The second-order valence-corrected chi connectivity index (χ2v) is 4.75. The predicted molar refractivity (Wildman–Crippen MR) is 70.9 cm³/mol. The van der Waals surface area contributed by atoms with E-state index in [0.717, 1.165) is 38.0 Å². The molecule has 1 saturated heterocycles. The number of aromatic nitrogens is 1. The van der Waals surface area contributed by atoms with Crippen molar-refractivity contribution in [3.63, 3.8) is 0 Å². The first-order chi connectivity index (χ1) is 8.81. The van der Waals surface area contributed by atoms with E-state index in [1.54, 1.807) is 12.4 Å². The van der Waals surface area contributed by atoms with Crippen molar-refractivity contribution in [2.24, 2.45) is 5.92 Å². The van der Waals surface area contributed by atoms with Crippen LogP contribution in [0.25, 0.3) is 0 Å². The first-order valence-corrected chi connectivity index (χ1v) is 6.69. The van der Waals surface area contributed by atoms with Crippen LogP contribution in [0.3, 0.4) is 0 Å². The number of nitrogens with one attached hydrogen (secondary N) is 1. The molecule has 0 spiro atoms. The largest absolute Gasteiger partial charge is 0.338 e. The third-order valence-corrected chi connectivity index (χ3v) is 3.46. The fourth-order valence-corrected chi connectivity index (χ4v) is 2.37. The molecular weight excluding hydrogens is 226 g/mol. The number of hydrogen-bond acceptors (Lipinski definition) is 3. The lowest BCUT2D eigenvalue weighted by molar-refractivity contribution is -0.136. The summed E-state index contributed by atoms with van der Waals surface area (Å²) in [5, 5.41) is 3.30. The van der Waals surface area contributed by atoms with E-state index < -0.39 is 0 Å². The highest BCUT2D eigenvalue weighted by Gasteiger charge is 2.24. The van der Waals surface area contributed by atoms with Crippen LogP contribution >= 0.6 is 0 Å². The van der Waals surface area contributed by atoms with E-state index in [1.165, 1.54) is 0 Å². The number of carbonyl (C=O) groups is 1. The van der Waals surface area contributed by atoms with Gasteiger partial charge in [0.05, 0.1) is 5.92 Å². The quantitative estimate of drug-likeness (QED) is 0.875. The molecule has 0 bridgehead atoms. The number of pyridine rings is 1. The van der Waals surface area contributed by atoms with Crippen LogP contribution in [-0.2, 0) is 11.3 Å². The minimum atomic E-state index is 0.153. The number of rotatable bonds is 4. The third-order valence-electron chi connectivity index (χ3n) is 3.46. The van der Waals surface area contributed by atoms with E-state index >= 15 is 0 Å². The van der Waals surface area contributed by atoms with Crippen LogP contribution in [0.1, 0.15) is 25.3 Å². The zero-order valence-electron chi connectivity index (χ0n) is 10.9. The average Bonchev–Trinajstić information content (AvgIpc) is 2.46. The molecule has 98 valence electrons. The molecule has 2 rings (SSSR count). The second-order valence-electron chi connectivity index (χ2n) is 4.75. The molecule has 1 aromatic rings. The van der Waals surface area contributed by atoms with Gasteiger partial charge in [-0.1, -0.05) is 0 Å². The molecule has 0 aromatic carbocycles. The lowest BCUT2D eigenvalue weighted by atomic mass is 9.98. The zero-order chi connectivity index (χ0) is 12.8. The Morgan fingerprint density at radius 1 is 1.50 bits per heavy atom.